The van der Waals surface area contributed by atoms with Gasteiger partial charge in [0.15, 0.2) is 0 Å². The van der Waals surface area contributed by atoms with Crippen molar-refractivity contribution in [3.63, 3.8) is 0 Å². The summed E-state index contributed by atoms with van der Waals surface area (Å²) >= 11 is 0. The molecule has 0 spiro atoms. The van der Waals surface area contributed by atoms with Crippen LogP contribution in [0.2, 0.25) is 0 Å². The lowest BCUT2D eigenvalue weighted by Crippen LogP contribution is -2.73. The zero-order chi connectivity index (χ0) is 23.2. The zero-order valence-electron chi connectivity index (χ0n) is 18.7. The van der Waals surface area contributed by atoms with E-state index in [1.807, 2.05) is 18.3 Å². The van der Waals surface area contributed by atoms with Crippen molar-refractivity contribution < 1.29 is 13.2 Å². The van der Waals surface area contributed by atoms with Gasteiger partial charge in [-0.05, 0) is 25.8 Å². The Morgan fingerprint density at radius 3 is 2.67 bits per heavy atom. The van der Waals surface area contributed by atoms with Crippen molar-refractivity contribution in [2.24, 2.45) is 5.92 Å². The van der Waals surface area contributed by atoms with Crippen LogP contribution in [0.5, 0.6) is 0 Å². The largest absolute Gasteiger partial charge is 0.368 e. The molecule has 2 saturated heterocycles. The van der Waals surface area contributed by atoms with Gasteiger partial charge in [-0.15, -0.1) is 0 Å². The van der Waals surface area contributed by atoms with Crippen LogP contribution in [0.4, 0.5) is 11.5 Å². The quantitative estimate of drug-likeness (QED) is 0.624. The summed E-state index contributed by atoms with van der Waals surface area (Å²) in [7, 11) is -3.24. The molecule has 11 heteroatoms. The summed E-state index contributed by atoms with van der Waals surface area (Å²) in [5.74, 6) is 0.768. The van der Waals surface area contributed by atoms with Crippen molar-refractivity contribution in [2.75, 3.05) is 55.2 Å². The first-order chi connectivity index (χ1) is 15.8. The predicted octanol–water partition coefficient (Wildman–Crippen LogP) is 1.35. The number of aromatic nitrogens is 2. The number of piperazine rings is 1. The second-order valence-electron chi connectivity index (χ2n) is 9.23. The number of pyridine rings is 1. The molecule has 1 amide bonds. The van der Waals surface area contributed by atoms with E-state index in [9.17, 15) is 18.5 Å². The Labute approximate surface area is 193 Å². The molecule has 3 aliphatic rings. The van der Waals surface area contributed by atoms with E-state index in [2.05, 4.69) is 31.2 Å². The lowest BCUT2D eigenvalue weighted by molar-refractivity contribution is -0.117. The Morgan fingerprint density at radius 1 is 1.30 bits per heavy atom. The van der Waals surface area contributed by atoms with E-state index in [1.165, 1.54) is 4.31 Å². The van der Waals surface area contributed by atoms with E-state index in [0.717, 1.165) is 55.7 Å². The summed E-state index contributed by atoms with van der Waals surface area (Å²) in [5.41, 5.74) is 1.35. The highest BCUT2D eigenvalue weighted by Gasteiger charge is 2.51. The average Bonchev–Trinajstić information content (AvgIpc) is 3.53. The summed E-state index contributed by atoms with van der Waals surface area (Å²) in [6.45, 7) is 5.37. The topological polar surface area (TPSA) is 125 Å². The number of rotatable bonds is 7. The van der Waals surface area contributed by atoms with Crippen LogP contribution in [0.15, 0.2) is 18.3 Å². The highest BCUT2D eigenvalue weighted by Crippen LogP contribution is 2.36. The van der Waals surface area contributed by atoms with E-state index in [4.69, 9.17) is 0 Å². The molecular formula is C22H29N7O3S. The van der Waals surface area contributed by atoms with Gasteiger partial charge in [0, 0.05) is 62.8 Å². The van der Waals surface area contributed by atoms with Gasteiger partial charge in [-0.1, -0.05) is 0 Å². The molecule has 2 aliphatic heterocycles. The molecule has 2 aromatic heterocycles. The number of aromatic amines is 1. The summed E-state index contributed by atoms with van der Waals surface area (Å²) in [6, 6.07) is 6.21. The maximum absolute atomic E-state index is 12.3. The van der Waals surface area contributed by atoms with Gasteiger partial charge in [-0.25, -0.2) is 13.4 Å². The second-order valence-corrected chi connectivity index (χ2v) is 11.5. The molecule has 0 atom stereocenters. The van der Waals surface area contributed by atoms with Crippen molar-refractivity contribution in [1.82, 2.24) is 19.2 Å². The summed E-state index contributed by atoms with van der Waals surface area (Å²) in [4.78, 5) is 24.5. The van der Waals surface area contributed by atoms with E-state index < -0.39 is 15.6 Å². The standard InChI is InChI=1S/C22H29N7O3S/c1-2-33(31,32)29-14-22(15-29,6-7-23)28-11-9-27(10-12-28)18-13-19(26-21(30)16-3-4-16)25-20-17(18)5-8-24-20/h5,8,13,16H,2-4,6,9-12,14-15H2,1H3,(H2,24,25,26,30). The summed E-state index contributed by atoms with van der Waals surface area (Å²) < 4.78 is 25.9. The van der Waals surface area contributed by atoms with Gasteiger partial charge in [0.2, 0.25) is 15.9 Å². The molecule has 3 fully saturated rings. The van der Waals surface area contributed by atoms with Crippen molar-refractivity contribution >= 4 is 38.5 Å². The maximum Gasteiger partial charge on any atom is 0.228 e. The van der Waals surface area contributed by atoms with E-state index in [0.29, 0.717) is 25.3 Å². The third-order valence-corrected chi connectivity index (χ3v) is 8.88. The van der Waals surface area contributed by atoms with Crippen LogP contribution in [0.25, 0.3) is 11.0 Å². The number of hydrogen-bond donors (Lipinski definition) is 2. The normalized spacial score (nSPS) is 21.5. The number of carbonyl (C=O) groups excluding carboxylic acids is 1. The van der Waals surface area contributed by atoms with Crippen LogP contribution in [-0.2, 0) is 14.8 Å². The fraction of sp³-hybridized carbons (Fsp3) is 0.591. The Hall–Kier alpha value is -2.68. The number of H-pyrrole nitrogens is 1. The minimum atomic E-state index is -3.24. The van der Waals surface area contributed by atoms with Gasteiger partial charge in [0.05, 0.1) is 29.5 Å². The molecule has 2 aromatic rings. The fourth-order valence-electron chi connectivity index (χ4n) is 4.90. The highest BCUT2D eigenvalue weighted by atomic mass is 32.2. The van der Waals surface area contributed by atoms with Gasteiger partial charge in [0.1, 0.15) is 11.5 Å². The number of amides is 1. The smallest absolute Gasteiger partial charge is 0.228 e. The number of anilines is 2. The van der Waals surface area contributed by atoms with E-state index >= 15 is 0 Å². The molecular weight excluding hydrogens is 442 g/mol. The SMILES string of the molecule is CCS(=O)(=O)N1CC(CC#N)(N2CCN(c3cc(NC(=O)C4CC4)nc4[nH]ccc34)CC2)C1. The van der Waals surface area contributed by atoms with Crippen LogP contribution < -0.4 is 10.2 Å². The third-order valence-electron chi connectivity index (χ3n) is 7.11. The number of nitriles is 1. The molecule has 1 saturated carbocycles. The van der Waals surface area contributed by atoms with Crippen LogP contribution in [0.3, 0.4) is 0 Å². The van der Waals surface area contributed by atoms with Crippen LogP contribution in [-0.4, -0.2) is 84.1 Å². The first kappa shape index (κ1) is 22.1. The van der Waals surface area contributed by atoms with Crippen LogP contribution in [0, 0.1) is 17.2 Å². The minimum absolute atomic E-state index is 0.0270. The maximum atomic E-state index is 12.3. The number of carbonyl (C=O) groups is 1. The molecule has 5 rings (SSSR count). The van der Waals surface area contributed by atoms with E-state index in [1.54, 1.807) is 6.92 Å². The molecule has 2 N–H and O–H groups in total. The lowest BCUT2D eigenvalue weighted by atomic mass is 9.86. The van der Waals surface area contributed by atoms with Crippen molar-refractivity contribution in [3.8, 4) is 6.07 Å². The molecule has 4 heterocycles. The van der Waals surface area contributed by atoms with Crippen molar-refractivity contribution in [1.29, 1.82) is 5.26 Å². The van der Waals surface area contributed by atoms with Gasteiger partial charge in [0.25, 0.3) is 0 Å². The van der Waals surface area contributed by atoms with Crippen molar-refractivity contribution in [2.45, 2.75) is 31.7 Å². The first-order valence-electron chi connectivity index (χ1n) is 11.5. The summed E-state index contributed by atoms with van der Waals surface area (Å²) in [6.07, 6.45) is 4.04. The number of nitrogens with one attached hydrogen (secondary N) is 2. The predicted molar refractivity (Wildman–Crippen MR) is 125 cm³/mol. The lowest BCUT2D eigenvalue weighted by Gasteiger charge is -2.56. The van der Waals surface area contributed by atoms with Crippen molar-refractivity contribution in [3.05, 3.63) is 18.3 Å². The fourth-order valence-corrected chi connectivity index (χ4v) is 6.14. The van der Waals surface area contributed by atoms with Gasteiger partial charge < -0.3 is 15.2 Å². The number of hydrogen-bond acceptors (Lipinski definition) is 7. The highest BCUT2D eigenvalue weighted by molar-refractivity contribution is 7.89. The van der Waals surface area contributed by atoms with Crippen LogP contribution >= 0.6 is 0 Å². The Balaban J connectivity index is 1.31. The Bertz CT molecular complexity index is 1200. The molecule has 176 valence electrons. The Morgan fingerprint density at radius 2 is 2.03 bits per heavy atom. The second kappa shape index (κ2) is 8.27. The number of nitrogens with zero attached hydrogens (tertiary/aromatic N) is 5. The monoisotopic (exact) mass is 471 g/mol. The van der Waals surface area contributed by atoms with E-state index in [-0.39, 0.29) is 17.6 Å². The third kappa shape index (κ3) is 4.07. The van der Waals surface area contributed by atoms with Gasteiger partial charge in [-0.2, -0.15) is 9.57 Å². The Kier molecular flexibility index (Phi) is 5.55. The van der Waals surface area contributed by atoms with Gasteiger partial charge >= 0.3 is 0 Å². The van der Waals surface area contributed by atoms with Gasteiger partial charge in [-0.3, -0.25) is 9.69 Å². The zero-order valence-corrected chi connectivity index (χ0v) is 19.6. The molecule has 0 unspecified atom stereocenters. The van der Waals surface area contributed by atoms with Crippen LogP contribution in [0.1, 0.15) is 26.2 Å². The summed E-state index contributed by atoms with van der Waals surface area (Å²) in [5, 5.41) is 13.4. The molecule has 10 nitrogen and oxygen atoms in total. The molecule has 0 radical (unpaired) electrons. The molecule has 0 bridgehead atoms. The molecule has 0 aromatic carbocycles. The molecule has 1 aliphatic carbocycles. The number of sulfonamides is 1. The minimum Gasteiger partial charge on any atom is -0.368 e. The molecule has 33 heavy (non-hydrogen) atoms. The average molecular weight is 472 g/mol. The number of fused-ring (bicyclic) bond motifs is 1. The first-order valence-corrected chi connectivity index (χ1v) is 13.1.